The van der Waals surface area contributed by atoms with Crippen molar-refractivity contribution in [2.45, 2.75) is 26.8 Å². The maximum atomic E-state index is 12.2. The molecule has 1 unspecified atom stereocenters. The van der Waals surface area contributed by atoms with Crippen molar-refractivity contribution in [3.8, 4) is 12.3 Å². The van der Waals surface area contributed by atoms with E-state index in [0.717, 1.165) is 19.5 Å². The van der Waals surface area contributed by atoms with Crippen molar-refractivity contribution in [2.24, 2.45) is 16.6 Å². The summed E-state index contributed by atoms with van der Waals surface area (Å²) in [6, 6.07) is 0. The highest BCUT2D eigenvalue weighted by Crippen LogP contribution is 2.20. The first kappa shape index (κ1) is 16.6. The van der Waals surface area contributed by atoms with Crippen LogP contribution in [-0.4, -0.2) is 39.6 Å². The van der Waals surface area contributed by atoms with E-state index in [0.29, 0.717) is 12.5 Å². The minimum Gasteiger partial charge on any atom is -0.477 e. The Balaban J connectivity index is 2.58. The molecule has 3 N–H and O–H groups in total. The van der Waals surface area contributed by atoms with Crippen molar-refractivity contribution in [2.75, 3.05) is 13.1 Å². The first-order valence-corrected chi connectivity index (χ1v) is 7.45. The zero-order valence-corrected chi connectivity index (χ0v) is 13.2. The van der Waals surface area contributed by atoms with Gasteiger partial charge < -0.3 is 20.3 Å². The van der Waals surface area contributed by atoms with Gasteiger partial charge in [0.15, 0.2) is 11.8 Å². The second-order valence-corrected chi connectivity index (χ2v) is 5.62. The van der Waals surface area contributed by atoms with Crippen LogP contribution in [0, 0.1) is 18.3 Å². The number of pyridine rings is 1. The third-order valence-electron chi connectivity index (χ3n) is 3.94. The largest absolute Gasteiger partial charge is 0.477 e. The van der Waals surface area contributed by atoms with Crippen LogP contribution in [0.4, 0.5) is 5.82 Å². The molecule has 1 aliphatic heterocycles. The molecule has 2 rings (SSSR count). The number of hydrogen-bond acceptors (Lipinski definition) is 3. The number of carboxylic acids is 1. The Morgan fingerprint density at radius 3 is 2.78 bits per heavy atom. The van der Waals surface area contributed by atoms with Crippen LogP contribution in [0.3, 0.4) is 0 Å². The van der Waals surface area contributed by atoms with E-state index in [1.807, 2.05) is 11.8 Å². The molecule has 0 radical (unpaired) electrons. The quantitative estimate of drug-likeness (QED) is 0.489. The number of nitrogens with zero attached hydrogens (tertiary/aromatic N) is 3. The third-order valence-corrected chi connectivity index (χ3v) is 3.94. The molecule has 0 aromatic carbocycles. The summed E-state index contributed by atoms with van der Waals surface area (Å²) in [5, 5.41) is 9.13. The molecule has 1 aromatic rings. The van der Waals surface area contributed by atoms with Crippen molar-refractivity contribution in [1.82, 2.24) is 9.47 Å². The lowest BCUT2D eigenvalue weighted by atomic mass is 10.1. The minimum absolute atomic E-state index is 0.0815. The molecule has 0 amide bonds. The Labute approximate surface area is 134 Å². The van der Waals surface area contributed by atoms with Gasteiger partial charge in [-0.3, -0.25) is 4.79 Å². The number of aliphatic imine (C=N–C) groups is 1. The minimum atomic E-state index is -1.31. The molecular weight excluding hydrogens is 296 g/mol. The van der Waals surface area contributed by atoms with E-state index in [-0.39, 0.29) is 22.9 Å². The van der Waals surface area contributed by atoms with Crippen LogP contribution in [0.2, 0.25) is 0 Å². The van der Waals surface area contributed by atoms with E-state index in [2.05, 4.69) is 17.8 Å². The molecular formula is C16H20N4O3. The number of aromatic nitrogens is 1. The zero-order valence-electron chi connectivity index (χ0n) is 13.2. The molecule has 0 spiro atoms. The van der Waals surface area contributed by atoms with E-state index < -0.39 is 11.4 Å². The average molecular weight is 316 g/mol. The highest BCUT2D eigenvalue weighted by atomic mass is 16.4. The van der Waals surface area contributed by atoms with Gasteiger partial charge in [0, 0.05) is 25.8 Å². The number of carboxylic acid groups (broad SMARTS) is 1. The Bertz CT molecular complexity index is 758. The summed E-state index contributed by atoms with van der Waals surface area (Å²) in [5.74, 6) is 1.98. The van der Waals surface area contributed by atoms with Crippen LogP contribution in [0.15, 0.2) is 16.0 Å². The van der Waals surface area contributed by atoms with Gasteiger partial charge in [-0.25, -0.2) is 4.79 Å². The number of rotatable bonds is 3. The third kappa shape index (κ3) is 3.21. The summed E-state index contributed by atoms with van der Waals surface area (Å²) >= 11 is 0. The van der Waals surface area contributed by atoms with E-state index in [1.54, 1.807) is 0 Å². The predicted octanol–water partition coefficient (Wildman–Crippen LogP) is 0.836. The highest BCUT2D eigenvalue weighted by molar-refractivity contribution is 5.88. The first-order valence-electron chi connectivity index (χ1n) is 7.45. The van der Waals surface area contributed by atoms with Gasteiger partial charge in [0.25, 0.3) is 0 Å². The molecule has 1 aromatic heterocycles. The monoisotopic (exact) mass is 316 g/mol. The summed E-state index contributed by atoms with van der Waals surface area (Å²) < 4.78 is 1.53. The van der Waals surface area contributed by atoms with Crippen LogP contribution >= 0.6 is 0 Å². The van der Waals surface area contributed by atoms with Crippen LogP contribution in [0.1, 0.15) is 36.2 Å². The van der Waals surface area contributed by atoms with Crippen molar-refractivity contribution < 1.29 is 9.90 Å². The topological polar surface area (TPSA) is 101 Å². The molecule has 1 saturated heterocycles. The SMILES string of the molecule is C#Cc1c(/N=C(\N)N2CCC(C)C2)n(CC)cc(C(=O)O)c1=O. The molecule has 23 heavy (non-hydrogen) atoms. The summed E-state index contributed by atoms with van der Waals surface area (Å²) in [6.07, 6.45) is 7.69. The lowest BCUT2D eigenvalue weighted by molar-refractivity contribution is 0.0694. The highest BCUT2D eigenvalue weighted by Gasteiger charge is 2.22. The number of aryl methyl sites for hydroxylation is 1. The van der Waals surface area contributed by atoms with E-state index >= 15 is 0 Å². The average Bonchev–Trinajstić information content (AvgIpc) is 2.94. The van der Waals surface area contributed by atoms with Gasteiger partial charge in [-0.15, -0.1) is 6.42 Å². The molecule has 0 bridgehead atoms. The molecule has 0 aliphatic carbocycles. The maximum absolute atomic E-state index is 12.2. The summed E-state index contributed by atoms with van der Waals surface area (Å²) in [7, 11) is 0. The molecule has 1 fully saturated rings. The molecule has 1 atom stereocenters. The molecule has 7 nitrogen and oxygen atoms in total. The Kier molecular flexibility index (Phi) is 4.74. The van der Waals surface area contributed by atoms with Gasteiger partial charge in [0.2, 0.25) is 5.43 Å². The number of nitrogens with two attached hydrogens (primary N) is 1. The van der Waals surface area contributed by atoms with Crippen LogP contribution in [0.5, 0.6) is 0 Å². The summed E-state index contributed by atoms with van der Waals surface area (Å²) in [5.41, 5.74) is 4.88. The fourth-order valence-electron chi connectivity index (χ4n) is 2.62. The first-order chi connectivity index (χ1) is 10.9. The van der Waals surface area contributed by atoms with Gasteiger partial charge in [-0.05, 0) is 19.3 Å². The molecule has 122 valence electrons. The standard InChI is InChI=1S/C16H20N4O3/c1-4-11-13(21)12(15(22)23)9-19(5-2)14(11)18-16(17)20-7-6-10(3)8-20/h1,9-10H,5-8H2,2-3H3,(H2,17,18)(H,22,23). The van der Waals surface area contributed by atoms with Gasteiger partial charge in [-0.1, -0.05) is 12.8 Å². The Hall–Kier alpha value is -2.75. The Morgan fingerprint density at radius 2 is 2.30 bits per heavy atom. The van der Waals surface area contributed by atoms with E-state index in [1.165, 1.54) is 10.8 Å². The second-order valence-electron chi connectivity index (χ2n) is 5.62. The number of likely N-dealkylation sites (tertiary alicyclic amines) is 1. The Morgan fingerprint density at radius 1 is 1.61 bits per heavy atom. The lowest BCUT2D eigenvalue weighted by Gasteiger charge is -2.18. The van der Waals surface area contributed by atoms with Crippen molar-refractivity contribution in [1.29, 1.82) is 0 Å². The van der Waals surface area contributed by atoms with Crippen LogP contribution in [-0.2, 0) is 6.54 Å². The van der Waals surface area contributed by atoms with Crippen molar-refractivity contribution >= 4 is 17.7 Å². The normalized spacial score (nSPS) is 18.0. The molecule has 1 aliphatic rings. The van der Waals surface area contributed by atoms with E-state index in [9.17, 15) is 9.59 Å². The fourth-order valence-corrected chi connectivity index (χ4v) is 2.62. The van der Waals surface area contributed by atoms with Gasteiger partial charge in [-0.2, -0.15) is 4.99 Å². The summed E-state index contributed by atoms with van der Waals surface area (Å²) in [4.78, 5) is 29.7. The van der Waals surface area contributed by atoms with Crippen molar-refractivity contribution in [3.05, 3.63) is 27.5 Å². The number of guanidine groups is 1. The van der Waals surface area contributed by atoms with Gasteiger partial charge in [0.05, 0.1) is 0 Å². The van der Waals surface area contributed by atoms with Crippen LogP contribution in [0.25, 0.3) is 0 Å². The van der Waals surface area contributed by atoms with Crippen LogP contribution < -0.4 is 11.2 Å². The fraction of sp³-hybridized carbons (Fsp3) is 0.438. The predicted molar refractivity (Wildman–Crippen MR) is 87.9 cm³/mol. The lowest BCUT2D eigenvalue weighted by Crippen LogP contribution is -2.35. The number of carbonyl (C=O) groups is 1. The summed E-state index contributed by atoms with van der Waals surface area (Å²) in [6.45, 7) is 5.95. The molecule has 0 saturated carbocycles. The second kappa shape index (κ2) is 6.57. The molecule has 7 heteroatoms. The van der Waals surface area contributed by atoms with Crippen molar-refractivity contribution in [3.63, 3.8) is 0 Å². The van der Waals surface area contributed by atoms with E-state index in [4.69, 9.17) is 17.3 Å². The van der Waals surface area contributed by atoms with Gasteiger partial charge in [0.1, 0.15) is 11.1 Å². The zero-order chi connectivity index (χ0) is 17.1. The smallest absolute Gasteiger partial charge is 0.341 e. The van der Waals surface area contributed by atoms with Gasteiger partial charge >= 0.3 is 5.97 Å². The number of terminal acetylenes is 1. The number of hydrogen-bond donors (Lipinski definition) is 2. The maximum Gasteiger partial charge on any atom is 0.341 e. The number of aromatic carboxylic acids is 1. The molecule has 2 heterocycles.